The van der Waals surface area contributed by atoms with Gasteiger partial charge in [0.1, 0.15) is 0 Å². The van der Waals surface area contributed by atoms with Crippen molar-refractivity contribution in [2.75, 3.05) is 0 Å². The fourth-order valence-electron chi connectivity index (χ4n) is 1.47. The molecule has 0 aromatic carbocycles. The summed E-state index contributed by atoms with van der Waals surface area (Å²) >= 11 is 0. The van der Waals surface area contributed by atoms with Gasteiger partial charge in [0.2, 0.25) is 0 Å². The molecule has 0 atom stereocenters. The van der Waals surface area contributed by atoms with Crippen LogP contribution < -0.4 is 0 Å². The molecule has 0 amide bonds. The first-order valence-electron chi connectivity index (χ1n) is 4.36. The first-order valence-corrected chi connectivity index (χ1v) is 4.36. The minimum absolute atomic E-state index is 0.266. The summed E-state index contributed by atoms with van der Waals surface area (Å²) in [7, 11) is 1.63. The van der Waals surface area contributed by atoms with Crippen LogP contribution in [0.5, 0.6) is 0 Å². The van der Waals surface area contributed by atoms with Gasteiger partial charge in [-0.05, 0) is 6.07 Å². The Kier molecular flexibility index (Phi) is 2.42. The Morgan fingerprint density at radius 1 is 1.14 bits per heavy atom. The van der Waals surface area contributed by atoms with Gasteiger partial charge in [-0.3, -0.25) is 0 Å². The summed E-state index contributed by atoms with van der Waals surface area (Å²) in [5.74, 6) is 0. The van der Waals surface area contributed by atoms with Crippen LogP contribution in [-0.2, 0) is 18.6 Å². The van der Waals surface area contributed by atoms with E-state index in [-0.39, 0.29) is 5.41 Å². The highest BCUT2D eigenvalue weighted by Gasteiger charge is 2.33. The van der Waals surface area contributed by atoms with Crippen molar-refractivity contribution >= 4 is 0 Å². The SMILES string of the molecule is Cn1cc(C(F)(F)F)cc1C(C)(C)C. The minimum atomic E-state index is -4.25. The van der Waals surface area contributed by atoms with E-state index in [0.717, 1.165) is 6.20 Å². The Bertz CT molecular complexity index is 328. The summed E-state index contributed by atoms with van der Waals surface area (Å²) < 4.78 is 38.6. The Balaban J connectivity index is 3.19. The van der Waals surface area contributed by atoms with E-state index in [9.17, 15) is 13.2 Å². The number of hydrogen-bond acceptors (Lipinski definition) is 0. The average Bonchev–Trinajstić information content (AvgIpc) is 2.27. The van der Waals surface area contributed by atoms with Gasteiger partial charge in [-0.1, -0.05) is 20.8 Å². The molecule has 0 aliphatic rings. The van der Waals surface area contributed by atoms with Gasteiger partial charge in [-0.25, -0.2) is 0 Å². The summed E-state index contributed by atoms with van der Waals surface area (Å²) in [4.78, 5) is 0. The molecule has 0 radical (unpaired) electrons. The molecule has 0 N–H and O–H groups in total. The second-order valence-electron chi connectivity index (χ2n) is 4.47. The lowest BCUT2D eigenvalue weighted by molar-refractivity contribution is -0.137. The van der Waals surface area contributed by atoms with Crippen molar-refractivity contribution < 1.29 is 13.2 Å². The molecule has 0 saturated carbocycles. The molecule has 1 rings (SSSR count). The minimum Gasteiger partial charge on any atom is -0.353 e. The molecule has 0 saturated heterocycles. The van der Waals surface area contributed by atoms with E-state index in [4.69, 9.17) is 0 Å². The van der Waals surface area contributed by atoms with Crippen molar-refractivity contribution in [2.45, 2.75) is 32.4 Å². The quantitative estimate of drug-likeness (QED) is 0.612. The van der Waals surface area contributed by atoms with Gasteiger partial charge in [0.15, 0.2) is 0 Å². The van der Waals surface area contributed by atoms with Crippen LogP contribution in [0.3, 0.4) is 0 Å². The van der Waals surface area contributed by atoms with Crippen molar-refractivity contribution in [3.05, 3.63) is 23.5 Å². The van der Waals surface area contributed by atoms with Crippen LogP contribution in [0.2, 0.25) is 0 Å². The van der Waals surface area contributed by atoms with E-state index >= 15 is 0 Å². The molecular formula is C10H14F3N. The summed E-state index contributed by atoms with van der Waals surface area (Å²) in [5.41, 5.74) is -0.159. The Hall–Kier alpha value is -0.930. The first kappa shape index (κ1) is 11.1. The lowest BCUT2D eigenvalue weighted by atomic mass is 9.92. The maximum atomic E-state index is 12.4. The summed E-state index contributed by atoms with van der Waals surface area (Å²) in [6.07, 6.45) is -3.12. The zero-order chi connectivity index (χ0) is 11.1. The average molecular weight is 205 g/mol. The molecule has 0 spiro atoms. The van der Waals surface area contributed by atoms with Crippen molar-refractivity contribution in [3.63, 3.8) is 0 Å². The van der Waals surface area contributed by atoms with E-state index in [0.29, 0.717) is 5.69 Å². The lowest BCUT2D eigenvalue weighted by Gasteiger charge is -2.19. The molecule has 0 unspecified atom stereocenters. The van der Waals surface area contributed by atoms with Crippen LogP contribution >= 0.6 is 0 Å². The number of aryl methyl sites for hydroxylation is 1. The fourth-order valence-corrected chi connectivity index (χ4v) is 1.47. The molecule has 0 aliphatic carbocycles. The molecule has 1 heterocycles. The van der Waals surface area contributed by atoms with Gasteiger partial charge >= 0.3 is 6.18 Å². The van der Waals surface area contributed by atoms with Crippen LogP contribution in [0.1, 0.15) is 32.0 Å². The standard InChI is InChI=1S/C10H14F3N/c1-9(2,3)8-5-7(6-14(8)4)10(11,12)13/h5-6H,1-4H3. The van der Waals surface area contributed by atoms with E-state index in [1.807, 2.05) is 20.8 Å². The van der Waals surface area contributed by atoms with Crippen molar-refractivity contribution in [2.24, 2.45) is 7.05 Å². The van der Waals surface area contributed by atoms with Crippen molar-refractivity contribution in [1.29, 1.82) is 0 Å². The third-order valence-corrected chi connectivity index (χ3v) is 2.10. The highest BCUT2D eigenvalue weighted by molar-refractivity contribution is 5.26. The number of rotatable bonds is 0. The van der Waals surface area contributed by atoms with Crippen LogP contribution in [0.25, 0.3) is 0 Å². The van der Waals surface area contributed by atoms with Gasteiger partial charge in [0, 0.05) is 24.4 Å². The molecule has 1 aromatic heterocycles. The Morgan fingerprint density at radius 3 is 1.86 bits per heavy atom. The molecule has 1 aromatic rings. The smallest absolute Gasteiger partial charge is 0.353 e. The highest BCUT2D eigenvalue weighted by Crippen LogP contribution is 2.33. The third-order valence-electron chi connectivity index (χ3n) is 2.10. The highest BCUT2D eigenvalue weighted by atomic mass is 19.4. The lowest BCUT2D eigenvalue weighted by Crippen LogP contribution is -2.15. The molecule has 4 heteroatoms. The molecular weight excluding hydrogens is 191 g/mol. The second kappa shape index (κ2) is 3.04. The fraction of sp³-hybridized carbons (Fsp3) is 0.600. The summed E-state index contributed by atoms with van der Waals surface area (Å²) in [6.45, 7) is 5.67. The molecule has 14 heavy (non-hydrogen) atoms. The number of alkyl halides is 3. The van der Waals surface area contributed by atoms with Gasteiger partial charge in [-0.2, -0.15) is 13.2 Å². The molecule has 0 aliphatic heterocycles. The van der Waals surface area contributed by atoms with E-state index < -0.39 is 11.7 Å². The van der Waals surface area contributed by atoms with Crippen LogP contribution in [0, 0.1) is 0 Å². The topological polar surface area (TPSA) is 4.93 Å². The summed E-state index contributed by atoms with van der Waals surface area (Å²) in [6, 6.07) is 1.21. The predicted octanol–water partition coefficient (Wildman–Crippen LogP) is 3.34. The molecule has 80 valence electrons. The summed E-state index contributed by atoms with van der Waals surface area (Å²) in [5, 5.41) is 0. The van der Waals surface area contributed by atoms with Gasteiger partial charge < -0.3 is 4.57 Å². The zero-order valence-corrected chi connectivity index (χ0v) is 8.74. The maximum Gasteiger partial charge on any atom is 0.417 e. The van der Waals surface area contributed by atoms with E-state index in [1.54, 1.807) is 7.05 Å². The predicted molar refractivity (Wildman–Crippen MR) is 49.1 cm³/mol. The van der Waals surface area contributed by atoms with Crippen LogP contribution in [-0.4, -0.2) is 4.57 Å². The second-order valence-corrected chi connectivity index (χ2v) is 4.47. The van der Waals surface area contributed by atoms with Crippen LogP contribution in [0.4, 0.5) is 13.2 Å². The van der Waals surface area contributed by atoms with Crippen LogP contribution in [0.15, 0.2) is 12.3 Å². The number of hydrogen-bond donors (Lipinski definition) is 0. The Morgan fingerprint density at radius 2 is 1.64 bits per heavy atom. The molecule has 0 fully saturated rings. The van der Waals surface area contributed by atoms with Crippen molar-refractivity contribution in [3.8, 4) is 0 Å². The van der Waals surface area contributed by atoms with Gasteiger partial charge in [0.25, 0.3) is 0 Å². The van der Waals surface area contributed by atoms with Crippen molar-refractivity contribution in [1.82, 2.24) is 4.57 Å². The third kappa shape index (κ3) is 2.11. The normalized spacial score (nSPS) is 13.4. The first-order chi connectivity index (χ1) is 6.12. The molecule has 0 bridgehead atoms. The maximum absolute atomic E-state index is 12.4. The van der Waals surface area contributed by atoms with E-state index in [1.165, 1.54) is 10.6 Å². The Labute approximate surface area is 81.5 Å². The number of nitrogens with zero attached hydrogens (tertiary/aromatic N) is 1. The largest absolute Gasteiger partial charge is 0.417 e. The number of halogens is 3. The van der Waals surface area contributed by atoms with Gasteiger partial charge in [-0.15, -0.1) is 0 Å². The molecule has 1 nitrogen and oxygen atoms in total. The van der Waals surface area contributed by atoms with Gasteiger partial charge in [0.05, 0.1) is 5.56 Å². The monoisotopic (exact) mass is 205 g/mol. The zero-order valence-electron chi connectivity index (χ0n) is 8.74. The number of aromatic nitrogens is 1. The van der Waals surface area contributed by atoms with E-state index in [2.05, 4.69) is 0 Å².